The van der Waals surface area contributed by atoms with Gasteiger partial charge in [-0.1, -0.05) is 25.9 Å². The number of anilines is 1. The van der Waals surface area contributed by atoms with E-state index in [1.54, 1.807) is 27.4 Å². The zero-order valence-corrected chi connectivity index (χ0v) is 19.9. The van der Waals surface area contributed by atoms with E-state index in [1.807, 2.05) is 20.8 Å². The molecule has 1 fully saturated rings. The van der Waals surface area contributed by atoms with E-state index in [-0.39, 0.29) is 11.3 Å². The molecule has 2 aliphatic heterocycles. The van der Waals surface area contributed by atoms with Gasteiger partial charge >= 0.3 is 0 Å². The first-order chi connectivity index (χ1) is 15.2. The Hall–Kier alpha value is -2.26. The molecular weight excluding hydrogens is 428 g/mol. The molecule has 9 heteroatoms. The van der Waals surface area contributed by atoms with Crippen LogP contribution in [0, 0.1) is 0 Å². The van der Waals surface area contributed by atoms with Crippen LogP contribution in [0.4, 0.5) is 5.69 Å². The van der Waals surface area contributed by atoms with Crippen LogP contribution in [0.2, 0.25) is 0 Å². The van der Waals surface area contributed by atoms with Gasteiger partial charge in [-0.25, -0.2) is 8.42 Å². The molecule has 1 aromatic carbocycles. The summed E-state index contributed by atoms with van der Waals surface area (Å²) in [6, 6.07) is 5.20. The van der Waals surface area contributed by atoms with Crippen molar-refractivity contribution in [2.24, 2.45) is 0 Å². The Balaban J connectivity index is 1.41. The summed E-state index contributed by atoms with van der Waals surface area (Å²) in [5.41, 5.74) is 1.59. The lowest BCUT2D eigenvalue weighted by Gasteiger charge is -2.30. The molecule has 1 amide bonds. The second kappa shape index (κ2) is 8.94. The van der Waals surface area contributed by atoms with E-state index < -0.39 is 10.0 Å². The fraction of sp³-hybridized carbons (Fsp3) is 0.609. The summed E-state index contributed by atoms with van der Waals surface area (Å²) in [6.45, 7) is 7.91. The van der Waals surface area contributed by atoms with Gasteiger partial charge in [-0.05, 0) is 55.9 Å². The number of aryl methyl sites for hydroxylation is 2. The molecule has 8 nitrogen and oxygen atoms in total. The van der Waals surface area contributed by atoms with Crippen LogP contribution in [0.15, 0.2) is 27.6 Å². The summed E-state index contributed by atoms with van der Waals surface area (Å²) in [5, 5.41) is 4.03. The van der Waals surface area contributed by atoms with Crippen molar-refractivity contribution in [3.63, 3.8) is 0 Å². The first-order valence-corrected chi connectivity index (χ1v) is 12.9. The third kappa shape index (κ3) is 4.73. The Morgan fingerprint density at radius 3 is 2.56 bits per heavy atom. The molecule has 1 aromatic heterocycles. The van der Waals surface area contributed by atoms with Gasteiger partial charge in [0.25, 0.3) is 0 Å². The van der Waals surface area contributed by atoms with E-state index in [1.165, 1.54) is 0 Å². The maximum Gasteiger partial charge on any atom is 0.243 e. The molecule has 0 unspecified atom stereocenters. The van der Waals surface area contributed by atoms with Crippen molar-refractivity contribution in [2.75, 3.05) is 24.5 Å². The number of carbonyl (C=O) groups is 1. The Morgan fingerprint density at radius 2 is 1.88 bits per heavy atom. The van der Waals surface area contributed by atoms with Gasteiger partial charge in [0, 0.05) is 43.6 Å². The number of fused-ring (bicyclic) bond motifs is 1. The van der Waals surface area contributed by atoms with E-state index in [9.17, 15) is 13.2 Å². The Kier molecular flexibility index (Phi) is 6.40. The summed E-state index contributed by atoms with van der Waals surface area (Å²) >= 11 is 0. The van der Waals surface area contributed by atoms with Gasteiger partial charge in [0.1, 0.15) is 0 Å². The second-order valence-corrected chi connectivity index (χ2v) is 11.6. The lowest BCUT2D eigenvalue weighted by molar-refractivity contribution is -0.118. The fourth-order valence-electron chi connectivity index (χ4n) is 4.26. The Bertz CT molecular complexity index is 1080. The molecule has 2 aliphatic rings. The quantitative estimate of drug-likeness (QED) is 0.655. The van der Waals surface area contributed by atoms with Gasteiger partial charge in [-0.15, -0.1) is 0 Å². The smallest absolute Gasteiger partial charge is 0.243 e. The monoisotopic (exact) mass is 460 g/mol. The normalized spacial score (nSPS) is 17.5. The van der Waals surface area contributed by atoms with Crippen molar-refractivity contribution in [3.05, 3.63) is 35.5 Å². The lowest BCUT2D eigenvalue weighted by atomic mass is 9.96. The molecule has 4 rings (SSSR count). The van der Waals surface area contributed by atoms with Crippen LogP contribution in [0.1, 0.15) is 70.2 Å². The van der Waals surface area contributed by atoms with Crippen LogP contribution in [-0.4, -0.2) is 48.4 Å². The van der Waals surface area contributed by atoms with Crippen LogP contribution in [0.3, 0.4) is 0 Å². The van der Waals surface area contributed by atoms with Crippen LogP contribution in [-0.2, 0) is 33.1 Å². The number of hydrogen-bond donors (Lipinski definition) is 0. The van der Waals surface area contributed by atoms with Crippen molar-refractivity contribution < 1.29 is 17.7 Å². The highest BCUT2D eigenvalue weighted by molar-refractivity contribution is 7.89. The summed E-state index contributed by atoms with van der Waals surface area (Å²) in [7, 11) is -3.46. The number of benzene rings is 1. The van der Waals surface area contributed by atoms with Crippen LogP contribution in [0.25, 0.3) is 0 Å². The standard InChI is InChI=1S/C23H32N4O4S/c1-23(2,3)22-24-20(31-25-22)9-6-10-21(28)27-15-7-8-17-16-18(11-12-19(17)27)32(29,30)26-13-4-5-14-26/h11-12,16H,4-10,13-15H2,1-3H3. The number of hydrogen-bond acceptors (Lipinski definition) is 6. The average molecular weight is 461 g/mol. The van der Waals surface area contributed by atoms with E-state index in [0.29, 0.717) is 55.5 Å². The first-order valence-electron chi connectivity index (χ1n) is 11.4. The van der Waals surface area contributed by atoms with Gasteiger partial charge in [-0.3, -0.25) is 4.79 Å². The molecule has 0 saturated carbocycles. The van der Waals surface area contributed by atoms with Crippen LogP contribution < -0.4 is 4.90 Å². The molecule has 3 heterocycles. The topological polar surface area (TPSA) is 96.6 Å². The molecule has 0 aliphatic carbocycles. The zero-order chi connectivity index (χ0) is 22.9. The highest BCUT2D eigenvalue weighted by Gasteiger charge is 2.29. The van der Waals surface area contributed by atoms with Crippen molar-refractivity contribution in [1.82, 2.24) is 14.4 Å². The number of nitrogens with zero attached hydrogens (tertiary/aromatic N) is 4. The minimum absolute atomic E-state index is 0.0386. The SMILES string of the molecule is CC(C)(C)c1noc(CCCC(=O)N2CCCc3cc(S(=O)(=O)N4CCCC4)ccc32)n1. The highest BCUT2D eigenvalue weighted by atomic mass is 32.2. The Morgan fingerprint density at radius 1 is 1.12 bits per heavy atom. The predicted octanol–water partition coefficient (Wildman–Crippen LogP) is 3.45. The third-order valence-corrected chi connectivity index (χ3v) is 7.99. The minimum atomic E-state index is -3.46. The van der Waals surface area contributed by atoms with Crippen molar-refractivity contribution >= 4 is 21.6 Å². The molecule has 0 spiro atoms. The van der Waals surface area contributed by atoms with Crippen molar-refractivity contribution in [1.29, 1.82) is 0 Å². The largest absolute Gasteiger partial charge is 0.339 e. The molecule has 2 aromatic rings. The van der Waals surface area contributed by atoms with Crippen molar-refractivity contribution in [2.45, 2.75) is 76.0 Å². The number of carbonyl (C=O) groups excluding carboxylic acids is 1. The molecule has 1 saturated heterocycles. The number of sulfonamides is 1. The molecule has 174 valence electrons. The zero-order valence-electron chi connectivity index (χ0n) is 19.1. The highest BCUT2D eigenvalue weighted by Crippen LogP contribution is 2.32. The number of aromatic nitrogens is 2. The fourth-order valence-corrected chi connectivity index (χ4v) is 5.83. The van der Waals surface area contributed by atoms with Gasteiger partial charge in [0.15, 0.2) is 5.82 Å². The molecule has 0 radical (unpaired) electrons. The summed E-state index contributed by atoms with van der Waals surface area (Å²) in [6.07, 6.45) is 4.98. The third-order valence-electron chi connectivity index (χ3n) is 6.09. The van der Waals surface area contributed by atoms with E-state index >= 15 is 0 Å². The molecular formula is C23H32N4O4S. The van der Waals surface area contributed by atoms with E-state index in [0.717, 1.165) is 36.9 Å². The summed E-state index contributed by atoms with van der Waals surface area (Å²) < 4.78 is 32.7. The van der Waals surface area contributed by atoms with Gasteiger partial charge < -0.3 is 9.42 Å². The maximum atomic E-state index is 12.9. The van der Waals surface area contributed by atoms with Crippen LogP contribution in [0.5, 0.6) is 0 Å². The van der Waals surface area contributed by atoms with Crippen LogP contribution >= 0.6 is 0 Å². The molecule has 0 bridgehead atoms. The minimum Gasteiger partial charge on any atom is -0.339 e. The van der Waals surface area contributed by atoms with Gasteiger partial charge in [0.05, 0.1) is 4.90 Å². The predicted molar refractivity (Wildman–Crippen MR) is 121 cm³/mol. The number of rotatable bonds is 6. The summed E-state index contributed by atoms with van der Waals surface area (Å²) in [4.78, 5) is 19.5. The lowest BCUT2D eigenvalue weighted by Crippen LogP contribution is -2.35. The summed E-state index contributed by atoms with van der Waals surface area (Å²) in [5.74, 6) is 1.26. The number of amides is 1. The first kappa shape index (κ1) is 22.9. The van der Waals surface area contributed by atoms with E-state index in [2.05, 4.69) is 10.1 Å². The van der Waals surface area contributed by atoms with E-state index in [4.69, 9.17) is 4.52 Å². The Labute approximate surface area is 190 Å². The maximum absolute atomic E-state index is 12.9. The second-order valence-electron chi connectivity index (χ2n) is 9.67. The van der Waals surface area contributed by atoms with Gasteiger partial charge in [-0.2, -0.15) is 9.29 Å². The average Bonchev–Trinajstić information content (AvgIpc) is 3.45. The molecule has 32 heavy (non-hydrogen) atoms. The van der Waals surface area contributed by atoms with Crippen molar-refractivity contribution in [3.8, 4) is 0 Å². The molecule has 0 atom stereocenters. The molecule has 0 N–H and O–H groups in total. The van der Waals surface area contributed by atoms with Gasteiger partial charge in [0.2, 0.25) is 21.8 Å².